The Morgan fingerprint density at radius 2 is 2.07 bits per heavy atom. The third kappa shape index (κ3) is 1.65. The molecule has 0 bridgehead atoms. The van der Waals surface area contributed by atoms with E-state index < -0.39 is 0 Å². The predicted octanol–water partition coefficient (Wildman–Crippen LogP) is 1.24. The molecule has 0 amide bonds. The van der Waals surface area contributed by atoms with E-state index in [9.17, 15) is 0 Å². The molecule has 0 aromatic carbocycles. The van der Waals surface area contributed by atoms with E-state index in [0.717, 1.165) is 23.3 Å². The van der Waals surface area contributed by atoms with Crippen molar-refractivity contribution in [3.63, 3.8) is 0 Å². The lowest BCUT2D eigenvalue weighted by molar-refractivity contribution is 0.431. The summed E-state index contributed by atoms with van der Waals surface area (Å²) in [5.41, 5.74) is 7.51. The predicted molar refractivity (Wildman–Crippen MR) is 52.5 cm³/mol. The highest BCUT2D eigenvalue weighted by atomic mass is 16.5. The molecule has 2 heterocycles. The van der Waals surface area contributed by atoms with Crippen molar-refractivity contribution in [2.45, 2.75) is 6.42 Å². The molecule has 2 aromatic heterocycles. The van der Waals surface area contributed by atoms with Crippen molar-refractivity contribution in [3.05, 3.63) is 36.3 Å². The van der Waals surface area contributed by atoms with Gasteiger partial charge in [-0.1, -0.05) is 5.16 Å². The average Bonchev–Trinajstić information content (AvgIpc) is 2.68. The smallest absolute Gasteiger partial charge is 0.170 e. The van der Waals surface area contributed by atoms with E-state index >= 15 is 0 Å². The molecule has 0 spiro atoms. The van der Waals surface area contributed by atoms with E-state index in [1.807, 2.05) is 12.1 Å². The van der Waals surface area contributed by atoms with Crippen LogP contribution in [0.25, 0.3) is 11.3 Å². The van der Waals surface area contributed by atoms with Gasteiger partial charge in [-0.3, -0.25) is 4.98 Å². The van der Waals surface area contributed by atoms with Crippen LogP contribution in [0.5, 0.6) is 0 Å². The van der Waals surface area contributed by atoms with Crippen LogP contribution in [0.1, 0.15) is 5.56 Å². The Morgan fingerprint density at radius 1 is 1.29 bits per heavy atom. The van der Waals surface area contributed by atoms with E-state index in [-0.39, 0.29) is 0 Å². The second-order valence-electron chi connectivity index (χ2n) is 2.95. The van der Waals surface area contributed by atoms with Crippen LogP contribution < -0.4 is 5.73 Å². The number of hydrogen-bond donors (Lipinski definition) is 1. The van der Waals surface area contributed by atoms with Gasteiger partial charge in [0.2, 0.25) is 0 Å². The molecule has 0 aliphatic rings. The van der Waals surface area contributed by atoms with Crippen molar-refractivity contribution in [2.24, 2.45) is 5.73 Å². The van der Waals surface area contributed by atoms with Gasteiger partial charge < -0.3 is 10.3 Å². The first kappa shape index (κ1) is 8.90. The summed E-state index contributed by atoms with van der Waals surface area (Å²) in [6, 6.07) is 3.78. The highest BCUT2D eigenvalue weighted by molar-refractivity contribution is 5.59. The van der Waals surface area contributed by atoms with Gasteiger partial charge in [-0.05, 0) is 25.1 Å². The van der Waals surface area contributed by atoms with Crippen LogP contribution in [-0.2, 0) is 6.42 Å². The lowest BCUT2D eigenvalue weighted by Gasteiger charge is -1.98. The molecule has 0 saturated carbocycles. The van der Waals surface area contributed by atoms with Crippen LogP contribution in [0.15, 0.2) is 35.2 Å². The maximum atomic E-state index is 5.48. The van der Waals surface area contributed by atoms with Crippen LogP contribution in [0.3, 0.4) is 0 Å². The van der Waals surface area contributed by atoms with Crippen LogP contribution in [-0.4, -0.2) is 16.7 Å². The summed E-state index contributed by atoms with van der Waals surface area (Å²) in [6.07, 6.45) is 5.94. The summed E-state index contributed by atoms with van der Waals surface area (Å²) < 4.78 is 5.17. The van der Waals surface area contributed by atoms with Crippen molar-refractivity contribution in [1.29, 1.82) is 0 Å². The highest BCUT2D eigenvalue weighted by Crippen LogP contribution is 2.22. The van der Waals surface area contributed by atoms with E-state index in [1.165, 1.54) is 0 Å². The highest BCUT2D eigenvalue weighted by Gasteiger charge is 2.08. The molecule has 2 N–H and O–H groups in total. The average molecular weight is 189 g/mol. The zero-order chi connectivity index (χ0) is 9.80. The van der Waals surface area contributed by atoms with Crippen LogP contribution in [0, 0.1) is 0 Å². The van der Waals surface area contributed by atoms with Crippen LogP contribution >= 0.6 is 0 Å². The Labute approximate surface area is 81.7 Å². The quantitative estimate of drug-likeness (QED) is 0.788. The maximum absolute atomic E-state index is 5.48. The van der Waals surface area contributed by atoms with Gasteiger partial charge in [-0.15, -0.1) is 0 Å². The number of aromatic nitrogens is 2. The van der Waals surface area contributed by atoms with Gasteiger partial charge in [0.25, 0.3) is 0 Å². The minimum Gasteiger partial charge on any atom is -0.356 e. The Hall–Kier alpha value is -1.68. The van der Waals surface area contributed by atoms with Gasteiger partial charge in [0.05, 0.1) is 6.20 Å². The normalized spacial score (nSPS) is 10.4. The molecular weight excluding hydrogens is 178 g/mol. The summed E-state index contributed by atoms with van der Waals surface area (Å²) in [5.74, 6) is 0.790. The van der Waals surface area contributed by atoms with E-state index in [0.29, 0.717) is 6.54 Å². The fraction of sp³-hybridized carbons (Fsp3) is 0.200. The van der Waals surface area contributed by atoms with Gasteiger partial charge in [0.1, 0.15) is 0 Å². The van der Waals surface area contributed by atoms with Gasteiger partial charge in [0.15, 0.2) is 5.76 Å². The molecule has 0 fully saturated rings. The summed E-state index contributed by atoms with van der Waals surface area (Å²) in [4.78, 5) is 3.94. The molecular formula is C10H11N3O. The van der Waals surface area contributed by atoms with Crippen molar-refractivity contribution in [1.82, 2.24) is 10.1 Å². The minimum atomic E-state index is 0.597. The number of nitrogens with two attached hydrogens (primary N) is 1. The third-order valence-electron chi connectivity index (χ3n) is 2.00. The molecule has 0 aliphatic carbocycles. The maximum Gasteiger partial charge on any atom is 0.170 e. The summed E-state index contributed by atoms with van der Waals surface area (Å²) >= 11 is 0. The molecule has 4 heteroatoms. The molecule has 0 radical (unpaired) electrons. The molecule has 4 nitrogen and oxygen atoms in total. The van der Waals surface area contributed by atoms with Gasteiger partial charge in [-0.2, -0.15) is 0 Å². The number of pyridine rings is 1. The minimum absolute atomic E-state index is 0.597. The van der Waals surface area contributed by atoms with E-state index in [4.69, 9.17) is 10.3 Å². The second-order valence-corrected chi connectivity index (χ2v) is 2.95. The molecule has 0 unspecified atom stereocenters. The molecule has 2 rings (SSSR count). The topological polar surface area (TPSA) is 64.9 Å². The fourth-order valence-corrected chi connectivity index (χ4v) is 1.33. The zero-order valence-electron chi connectivity index (χ0n) is 7.68. The first-order valence-electron chi connectivity index (χ1n) is 4.46. The van der Waals surface area contributed by atoms with Gasteiger partial charge in [-0.25, -0.2) is 0 Å². The largest absolute Gasteiger partial charge is 0.356 e. The molecule has 14 heavy (non-hydrogen) atoms. The molecule has 0 atom stereocenters. The van der Waals surface area contributed by atoms with Crippen molar-refractivity contribution < 1.29 is 4.52 Å². The summed E-state index contributed by atoms with van der Waals surface area (Å²) in [7, 11) is 0. The van der Waals surface area contributed by atoms with Crippen molar-refractivity contribution >= 4 is 0 Å². The van der Waals surface area contributed by atoms with E-state index in [2.05, 4.69) is 10.1 Å². The Kier molecular flexibility index (Phi) is 2.55. The third-order valence-corrected chi connectivity index (χ3v) is 2.00. The molecule has 0 saturated heterocycles. The number of hydrogen-bond acceptors (Lipinski definition) is 4. The molecule has 72 valence electrons. The van der Waals surface area contributed by atoms with E-state index in [1.54, 1.807) is 18.6 Å². The SMILES string of the molecule is NCCc1cnoc1-c1ccncc1. The number of nitrogens with zero attached hydrogens (tertiary/aromatic N) is 2. The first-order chi connectivity index (χ1) is 6.92. The summed E-state index contributed by atoms with van der Waals surface area (Å²) in [5, 5.41) is 3.77. The molecule has 0 aliphatic heterocycles. The summed E-state index contributed by atoms with van der Waals surface area (Å²) in [6.45, 7) is 0.597. The van der Waals surface area contributed by atoms with Gasteiger partial charge >= 0.3 is 0 Å². The standard InChI is InChI=1S/C10H11N3O/c11-4-1-9-7-13-14-10(9)8-2-5-12-6-3-8/h2-3,5-7H,1,4,11H2. The Balaban J connectivity index is 2.37. The molecule has 2 aromatic rings. The fourth-order valence-electron chi connectivity index (χ4n) is 1.33. The van der Waals surface area contributed by atoms with Crippen LogP contribution in [0.2, 0.25) is 0 Å². The lowest BCUT2D eigenvalue weighted by atomic mass is 10.1. The first-order valence-corrected chi connectivity index (χ1v) is 4.46. The second kappa shape index (κ2) is 4.02. The van der Waals surface area contributed by atoms with Crippen molar-refractivity contribution in [2.75, 3.05) is 6.54 Å². The lowest BCUT2D eigenvalue weighted by Crippen LogP contribution is -2.02. The Bertz CT molecular complexity index is 397. The zero-order valence-corrected chi connectivity index (χ0v) is 7.68. The monoisotopic (exact) mass is 189 g/mol. The number of rotatable bonds is 3. The van der Waals surface area contributed by atoms with Gasteiger partial charge in [0, 0.05) is 23.5 Å². The van der Waals surface area contributed by atoms with Crippen molar-refractivity contribution in [3.8, 4) is 11.3 Å². The Morgan fingerprint density at radius 3 is 2.79 bits per heavy atom. The van der Waals surface area contributed by atoms with Crippen LogP contribution in [0.4, 0.5) is 0 Å².